The Morgan fingerprint density at radius 2 is 1.76 bits per heavy atom. The Labute approximate surface area is 203 Å². The van der Waals surface area contributed by atoms with Gasteiger partial charge in [-0.2, -0.15) is 0 Å². The number of carbonyl (C=O) groups is 1. The topological polar surface area (TPSA) is 66.9 Å². The molecule has 1 aromatic heterocycles. The third-order valence-corrected chi connectivity index (χ3v) is 7.83. The number of aryl methyl sites for hydroxylation is 1. The number of anilines is 1. The minimum Gasteiger partial charge on any atom is -0.495 e. The van der Waals surface area contributed by atoms with Gasteiger partial charge in [-0.15, -0.1) is 11.8 Å². The van der Waals surface area contributed by atoms with Crippen molar-refractivity contribution in [2.24, 2.45) is 0 Å². The van der Waals surface area contributed by atoms with Gasteiger partial charge in [0.2, 0.25) is 5.91 Å². The van der Waals surface area contributed by atoms with Gasteiger partial charge in [0.05, 0.1) is 20.0 Å². The summed E-state index contributed by atoms with van der Waals surface area (Å²) >= 11 is 3.22. The first-order valence-electron chi connectivity index (χ1n) is 11.0. The van der Waals surface area contributed by atoms with E-state index in [4.69, 9.17) is 14.5 Å². The third-order valence-electron chi connectivity index (χ3n) is 5.68. The molecule has 0 unspecified atom stereocenters. The van der Waals surface area contributed by atoms with Crippen LogP contribution < -0.4 is 19.7 Å². The molecular weight excluding hydrogens is 456 g/mol. The van der Waals surface area contributed by atoms with Gasteiger partial charge in [-0.1, -0.05) is 29.0 Å². The van der Waals surface area contributed by atoms with E-state index in [0.717, 1.165) is 64.5 Å². The molecule has 7 nitrogen and oxygen atoms in total. The second-order valence-corrected chi connectivity index (χ2v) is 9.95. The fourth-order valence-corrected chi connectivity index (χ4v) is 5.61. The number of amides is 1. The van der Waals surface area contributed by atoms with Crippen LogP contribution in [0.3, 0.4) is 0 Å². The van der Waals surface area contributed by atoms with Crippen molar-refractivity contribution >= 4 is 44.4 Å². The van der Waals surface area contributed by atoms with Crippen molar-refractivity contribution in [2.75, 3.05) is 64.1 Å². The second kappa shape index (κ2) is 11.1. The number of ether oxygens (including phenoxy) is 2. The molecule has 1 N–H and O–H groups in total. The molecule has 2 aromatic carbocycles. The molecule has 9 heteroatoms. The number of hydrogen-bond acceptors (Lipinski definition) is 8. The van der Waals surface area contributed by atoms with Gasteiger partial charge in [0.15, 0.2) is 5.13 Å². The predicted octanol–water partition coefficient (Wildman–Crippen LogP) is 3.65. The number of carbonyl (C=O) groups excluding carboxylic acids is 1. The Kier molecular flexibility index (Phi) is 7.95. The van der Waals surface area contributed by atoms with Crippen molar-refractivity contribution < 1.29 is 14.3 Å². The van der Waals surface area contributed by atoms with E-state index in [1.54, 1.807) is 37.3 Å². The summed E-state index contributed by atoms with van der Waals surface area (Å²) in [4.78, 5) is 22.8. The van der Waals surface area contributed by atoms with E-state index in [2.05, 4.69) is 46.3 Å². The number of hydrogen-bond donors (Lipinski definition) is 1. The molecule has 0 aliphatic carbocycles. The van der Waals surface area contributed by atoms with Gasteiger partial charge >= 0.3 is 0 Å². The van der Waals surface area contributed by atoms with Crippen LogP contribution in [-0.4, -0.2) is 75.0 Å². The maximum absolute atomic E-state index is 12.2. The summed E-state index contributed by atoms with van der Waals surface area (Å²) < 4.78 is 12.0. The average Bonchev–Trinajstić information content (AvgIpc) is 3.29. The Morgan fingerprint density at radius 1 is 1.06 bits per heavy atom. The Balaban J connectivity index is 1.22. The fourth-order valence-electron chi connectivity index (χ4n) is 3.76. The summed E-state index contributed by atoms with van der Waals surface area (Å²) in [5.74, 6) is 2.12. The molecule has 0 radical (unpaired) electrons. The number of aromatic nitrogens is 1. The summed E-state index contributed by atoms with van der Waals surface area (Å²) in [6, 6.07) is 12.1. The second-order valence-electron chi connectivity index (χ2n) is 7.92. The minimum atomic E-state index is 0.0802. The smallest absolute Gasteiger partial charge is 0.230 e. The van der Waals surface area contributed by atoms with Gasteiger partial charge in [0.1, 0.15) is 21.7 Å². The van der Waals surface area contributed by atoms with Crippen LogP contribution in [0.5, 0.6) is 11.5 Å². The molecule has 4 rings (SSSR count). The molecule has 0 saturated carbocycles. The van der Waals surface area contributed by atoms with E-state index >= 15 is 0 Å². The highest BCUT2D eigenvalue weighted by atomic mass is 32.2. The maximum Gasteiger partial charge on any atom is 0.230 e. The van der Waals surface area contributed by atoms with Crippen LogP contribution in [0.4, 0.5) is 5.13 Å². The first-order valence-corrected chi connectivity index (χ1v) is 12.8. The standard InChI is InChI=1S/C24H30N4O3S2/c1-17-4-6-18(7-5-17)32-16-21(29)25-10-11-27-12-14-28(15-13-27)24-26-22-19(30-2)8-9-20(31-3)23(22)33-24/h4-9H,10-16H2,1-3H3,(H,25,29). The van der Waals surface area contributed by atoms with E-state index < -0.39 is 0 Å². The monoisotopic (exact) mass is 486 g/mol. The number of thiazole rings is 1. The minimum absolute atomic E-state index is 0.0802. The summed E-state index contributed by atoms with van der Waals surface area (Å²) in [6.45, 7) is 7.28. The van der Waals surface area contributed by atoms with Crippen LogP contribution in [0.1, 0.15) is 5.56 Å². The van der Waals surface area contributed by atoms with Crippen LogP contribution in [0, 0.1) is 6.92 Å². The lowest BCUT2D eigenvalue weighted by Gasteiger charge is -2.34. The zero-order chi connectivity index (χ0) is 23.2. The largest absolute Gasteiger partial charge is 0.495 e. The lowest BCUT2D eigenvalue weighted by Crippen LogP contribution is -2.48. The summed E-state index contributed by atoms with van der Waals surface area (Å²) in [5, 5.41) is 4.04. The SMILES string of the molecule is COc1ccc(OC)c2sc(N3CCN(CCNC(=O)CSc4ccc(C)cc4)CC3)nc12. The Hall–Kier alpha value is -2.49. The first-order chi connectivity index (χ1) is 16.1. The molecule has 1 amide bonds. The molecule has 33 heavy (non-hydrogen) atoms. The van der Waals surface area contributed by atoms with E-state index in [1.807, 2.05) is 12.1 Å². The van der Waals surface area contributed by atoms with Crippen molar-refractivity contribution in [1.29, 1.82) is 0 Å². The van der Waals surface area contributed by atoms with Crippen LogP contribution in [0.15, 0.2) is 41.3 Å². The highest BCUT2D eigenvalue weighted by molar-refractivity contribution is 8.00. The molecule has 1 saturated heterocycles. The fraction of sp³-hybridized carbons (Fsp3) is 0.417. The molecule has 0 bridgehead atoms. The third kappa shape index (κ3) is 5.90. The van der Waals surface area contributed by atoms with E-state index in [1.165, 1.54) is 5.56 Å². The molecule has 0 spiro atoms. The van der Waals surface area contributed by atoms with E-state index in [9.17, 15) is 4.79 Å². The van der Waals surface area contributed by atoms with Gasteiger partial charge in [-0.3, -0.25) is 9.69 Å². The number of benzene rings is 2. The number of piperazine rings is 1. The van der Waals surface area contributed by atoms with E-state index in [-0.39, 0.29) is 5.91 Å². The molecule has 3 aromatic rings. The normalized spacial score (nSPS) is 14.5. The number of methoxy groups -OCH3 is 2. The highest BCUT2D eigenvalue weighted by Gasteiger charge is 2.22. The molecular formula is C24H30N4O3S2. The number of nitrogens with one attached hydrogen (secondary N) is 1. The van der Waals surface area contributed by atoms with Gasteiger partial charge in [0.25, 0.3) is 0 Å². The number of fused-ring (bicyclic) bond motifs is 1. The lowest BCUT2D eigenvalue weighted by molar-refractivity contribution is -0.118. The number of rotatable bonds is 9. The quantitative estimate of drug-likeness (QED) is 0.463. The summed E-state index contributed by atoms with van der Waals surface area (Å²) in [6.07, 6.45) is 0. The van der Waals surface area contributed by atoms with Crippen molar-refractivity contribution in [2.45, 2.75) is 11.8 Å². The number of thioether (sulfide) groups is 1. The molecule has 1 aliphatic heterocycles. The van der Waals surface area contributed by atoms with Crippen LogP contribution >= 0.6 is 23.1 Å². The van der Waals surface area contributed by atoms with E-state index in [0.29, 0.717) is 12.3 Å². The maximum atomic E-state index is 12.2. The van der Waals surface area contributed by atoms with Crippen LogP contribution in [0.2, 0.25) is 0 Å². The van der Waals surface area contributed by atoms with Gasteiger partial charge < -0.3 is 19.7 Å². The first kappa shape index (κ1) is 23.7. The molecule has 2 heterocycles. The molecule has 0 atom stereocenters. The van der Waals surface area contributed by atoms with Crippen molar-refractivity contribution in [1.82, 2.24) is 15.2 Å². The van der Waals surface area contributed by atoms with Gasteiger partial charge in [-0.25, -0.2) is 4.98 Å². The van der Waals surface area contributed by atoms with Crippen molar-refractivity contribution in [3.8, 4) is 11.5 Å². The van der Waals surface area contributed by atoms with Crippen LogP contribution in [0.25, 0.3) is 10.2 Å². The van der Waals surface area contributed by atoms with Gasteiger partial charge in [0, 0.05) is 44.2 Å². The zero-order valence-corrected chi connectivity index (χ0v) is 20.9. The molecule has 1 aliphatic rings. The highest BCUT2D eigenvalue weighted by Crippen LogP contribution is 2.40. The molecule has 176 valence electrons. The average molecular weight is 487 g/mol. The Bertz CT molecular complexity index is 1040. The zero-order valence-electron chi connectivity index (χ0n) is 19.3. The van der Waals surface area contributed by atoms with Crippen molar-refractivity contribution in [3.05, 3.63) is 42.0 Å². The molecule has 1 fully saturated rings. The predicted molar refractivity (Wildman–Crippen MR) is 136 cm³/mol. The van der Waals surface area contributed by atoms with Crippen molar-refractivity contribution in [3.63, 3.8) is 0 Å². The van der Waals surface area contributed by atoms with Crippen LogP contribution in [-0.2, 0) is 4.79 Å². The summed E-state index contributed by atoms with van der Waals surface area (Å²) in [7, 11) is 3.35. The number of nitrogens with zero attached hydrogens (tertiary/aromatic N) is 3. The Morgan fingerprint density at radius 3 is 2.45 bits per heavy atom. The summed E-state index contributed by atoms with van der Waals surface area (Å²) in [5.41, 5.74) is 2.08. The lowest BCUT2D eigenvalue weighted by atomic mass is 10.2. The van der Waals surface area contributed by atoms with Gasteiger partial charge in [-0.05, 0) is 31.2 Å².